The van der Waals surface area contributed by atoms with Crippen LogP contribution in [0, 0.1) is 6.92 Å². The van der Waals surface area contributed by atoms with Crippen molar-refractivity contribution in [2.45, 2.75) is 33.5 Å². The van der Waals surface area contributed by atoms with Gasteiger partial charge in [-0.3, -0.25) is 9.55 Å². The molecule has 0 atom stereocenters. The van der Waals surface area contributed by atoms with Gasteiger partial charge in [0.1, 0.15) is 0 Å². The van der Waals surface area contributed by atoms with Crippen molar-refractivity contribution in [3.05, 3.63) is 77.5 Å². The lowest BCUT2D eigenvalue weighted by Gasteiger charge is -2.17. The molecule has 5 nitrogen and oxygen atoms in total. The van der Waals surface area contributed by atoms with Gasteiger partial charge in [-0.05, 0) is 50.1 Å². The molecule has 0 unspecified atom stereocenters. The van der Waals surface area contributed by atoms with Crippen LogP contribution in [0.5, 0.6) is 0 Å². The highest BCUT2D eigenvalue weighted by Gasteiger charge is 2.24. The second kappa shape index (κ2) is 8.73. The van der Waals surface area contributed by atoms with Gasteiger partial charge in [-0.25, -0.2) is 0 Å². The summed E-state index contributed by atoms with van der Waals surface area (Å²) in [6.45, 7) is 7.16. The number of rotatable bonds is 8. The molecule has 0 radical (unpaired) electrons. The molecule has 4 rings (SSSR count). The van der Waals surface area contributed by atoms with E-state index in [-0.39, 0.29) is 6.16 Å². The van der Waals surface area contributed by atoms with Crippen LogP contribution in [0.3, 0.4) is 0 Å². The number of nitrogens with zero attached hydrogens (tertiary/aromatic N) is 2. The molecule has 0 N–H and O–H groups in total. The summed E-state index contributed by atoms with van der Waals surface area (Å²) in [6, 6.07) is 20.8. The van der Waals surface area contributed by atoms with E-state index in [1.165, 1.54) is 16.5 Å². The number of fused-ring (bicyclic) bond motifs is 3. The summed E-state index contributed by atoms with van der Waals surface area (Å²) < 4.78 is 25.9. The van der Waals surface area contributed by atoms with E-state index in [9.17, 15) is 4.57 Å². The summed E-state index contributed by atoms with van der Waals surface area (Å²) in [5.74, 6) is 0. The smallest absolute Gasteiger partial charge is 0.335 e. The Morgan fingerprint density at radius 1 is 0.867 bits per heavy atom. The average molecular weight is 422 g/mol. The first-order chi connectivity index (χ1) is 14.5. The third-order valence-corrected chi connectivity index (χ3v) is 7.20. The lowest BCUT2D eigenvalue weighted by atomic mass is 10.1. The average Bonchev–Trinajstić information content (AvgIpc) is 3.03. The molecule has 2 heterocycles. The Labute approximate surface area is 177 Å². The highest BCUT2D eigenvalue weighted by Crippen LogP contribution is 2.51. The van der Waals surface area contributed by atoms with Gasteiger partial charge in [-0.15, -0.1) is 0 Å². The van der Waals surface area contributed by atoms with Gasteiger partial charge < -0.3 is 13.6 Å². The second-order valence-corrected chi connectivity index (χ2v) is 9.40. The normalized spacial score (nSPS) is 12.1. The number of aryl methyl sites for hydroxylation is 1. The summed E-state index contributed by atoms with van der Waals surface area (Å²) in [4.78, 5) is 4.78. The van der Waals surface area contributed by atoms with Crippen molar-refractivity contribution in [3.63, 3.8) is 0 Å². The van der Waals surface area contributed by atoms with E-state index < -0.39 is 7.60 Å². The van der Waals surface area contributed by atoms with Crippen molar-refractivity contribution in [3.8, 4) is 0 Å². The van der Waals surface area contributed by atoms with Crippen LogP contribution in [-0.4, -0.2) is 22.8 Å². The maximum Gasteiger partial charge on any atom is 0.335 e. The number of pyridine rings is 1. The quantitative estimate of drug-likeness (QED) is 0.312. The van der Waals surface area contributed by atoms with Gasteiger partial charge in [-0.2, -0.15) is 0 Å². The number of hydrogen-bond donors (Lipinski definition) is 0. The zero-order valence-corrected chi connectivity index (χ0v) is 18.6. The molecule has 0 aliphatic carbocycles. The van der Waals surface area contributed by atoms with Crippen molar-refractivity contribution in [2.75, 3.05) is 13.2 Å². The van der Waals surface area contributed by atoms with Crippen molar-refractivity contribution in [1.29, 1.82) is 0 Å². The SMILES string of the molecule is CCOP(=O)(Cc1ccc(Cn2c3ccccc3c3nc(C)ccc32)cc1)OCC. The van der Waals surface area contributed by atoms with Crippen LogP contribution in [0.2, 0.25) is 0 Å². The van der Waals surface area contributed by atoms with E-state index in [1.807, 2.05) is 32.9 Å². The first-order valence-corrected chi connectivity index (χ1v) is 12.1. The van der Waals surface area contributed by atoms with Crippen molar-refractivity contribution in [1.82, 2.24) is 9.55 Å². The molecule has 6 heteroatoms. The molecule has 0 aliphatic heterocycles. The molecule has 0 fully saturated rings. The van der Waals surface area contributed by atoms with Gasteiger partial charge >= 0.3 is 7.60 Å². The van der Waals surface area contributed by atoms with Crippen LogP contribution in [0.25, 0.3) is 21.9 Å². The Morgan fingerprint density at radius 2 is 1.53 bits per heavy atom. The zero-order valence-electron chi connectivity index (χ0n) is 17.7. The maximum absolute atomic E-state index is 12.8. The van der Waals surface area contributed by atoms with Crippen LogP contribution >= 0.6 is 7.60 Å². The van der Waals surface area contributed by atoms with E-state index in [2.05, 4.69) is 53.1 Å². The maximum atomic E-state index is 12.8. The first-order valence-electron chi connectivity index (χ1n) is 10.3. The number of para-hydroxylation sites is 1. The molecule has 0 saturated heterocycles. The van der Waals surface area contributed by atoms with Gasteiger partial charge in [0.2, 0.25) is 0 Å². The molecule has 0 aliphatic rings. The van der Waals surface area contributed by atoms with Crippen LogP contribution < -0.4 is 0 Å². The van der Waals surface area contributed by atoms with Crippen LogP contribution in [0.15, 0.2) is 60.7 Å². The summed E-state index contributed by atoms with van der Waals surface area (Å²) in [7, 11) is -3.10. The minimum Gasteiger partial charge on any atom is -0.335 e. The van der Waals surface area contributed by atoms with Crippen LogP contribution in [0.1, 0.15) is 30.7 Å². The fourth-order valence-electron chi connectivity index (χ4n) is 3.85. The molecule has 0 bridgehead atoms. The molecular formula is C24H27N2O3P. The van der Waals surface area contributed by atoms with E-state index in [4.69, 9.17) is 14.0 Å². The fourth-order valence-corrected chi connectivity index (χ4v) is 5.55. The molecule has 0 spiro atoms. The Hall–Kier alpha value is -2.46. The lowest BCUT2D eigenvalue weighted by Crippen LogP contribution is -2.01. The monoisotopic (exact) mass is 422 g/mol. The third kappa shape index (κ3) is 4.20. The summed E-state index contributed by atoms with van der Waals surface area (Å²) in [5.41, 5.74) is 6.47. The van der Waals surface area contributed by atoms with Gasteiger partial charge in [-0.1, -0.05) is 42.5 Å². The van der Waals surface area contributed by atoms with Crippen LogP contribution in [-0.2, 0) is 26.3 Å². The third-order valence-electron chi connectivity index (χ3n) is 5.15. The molecule has 0 amide bonds. The van der Waals surface area contributed by atoms with Crippen molar-refractivity contribution < 1.29 is 13.6 Å². The van der Waals surface area contributed by atoms with Crippen LogP contribution in [0.4, 0.5) is 0 Å². The van der Waals surface area contributed by atoms with Gasteiger partial charge in [0.15, 0.2) is 0 Å². The summed E-state index contributed by atoms with van der Waals surface area (Å²) in [5, 5.41) is 1.17. The Morgan fingerprint density at radius 3 is 2.23 bits per heavy atom. The van der Waals surface area contributed by atoms with Gasteiger partial charge in [0, 0.05) is 17.6 Å². The number of hydrogen-bond acceptors (Lipinski definition) is 4. The molecule has 2 aromatic heterocycles. The van der Waals surface area contributed by atoms with E-state index in [0.717, 1.165) is 28.8 Å². The number of benzene rings is 2. The van der Waals surface area contributed by atoms with Crippen molar-refractivity contribution in [2.24, 2.45) is 0 Å². The predicted molar refractivity (Wildman–Crippen MR) is 122 cm³/mol. The topological polar surface area (TPSA) is 53.4 Å². The Balaban J connectivity index is 1.64. The van der Waals surface area contributed by atoms with Gasteiger partial charge in [0.05, 0.1) is 35.9 Å². The summed E-state index contributed by atoms with van der Waals surface area (Å²) >= 11 is 0. The zero-order chi connectivity index (χ0) is 21.1. The molecule has 4 aromatic rings. The van der Waals surface area contributed by atoms with E-state index in [0.29, 0.717) is 13.2 Å². The fraction of sp³-hybridized carbons (Fsp3) is 0.292. The molecule has 156 valence electrons. The lowest BCUT2D eigenvalue weighted by molar-refractivity contribution is 0.219. The van der Waals surface area contributed by atoms with Crippen molar-refractivity contribution >= 4 is 29.5 Å². The standard InChI is InChI=1S/C24H27N2O3P/c1-4-28-30(27,29-5-2)17-20-13-11-19(12-14-20)16-26-22-9-7-6-8-21(22)24-23(26)15-10-18(3)25-24/h6-15H,4-5,16-17H2,1-3H3. The Bertz CT molecular complexity index is 1200. The summed E-state index contributed by atoms with van der Waals surface area (Å²) in [6.07, 6.45) is 0.285. The highest BCUT2D eigenvalue weighted by molar-refractivity contribution is 7.53. The minimum absolute atomic E-state index is 0.285. The predicted octanol–water partition coefficient (Wildman–Crippen LogP) is 6.31. The van der Waals surface area contributed by atoms with Gasteiger partial charge in [0.25, 0.3) is 0 Å². The van der Waals surface area contributed by atoms with E-state index >= 15 is 0 Å². The molecule has 30 heavy (non-hydrogen) atoms. The first kappa shape index (κ1) is 20.8. The Kier molecular flexibility index (Phi) is 6.05. The number of aromatic nitrogens is 2. The minimum atomic E-state index is -3.10. The molecular weight excluding hydrogens is 395 g/mol. The highest BCUT2D eigenvalue weighted by atomic mass is 31.2. The largest absolute Gasteiger partial charge is 0.335 e. The second-order valence-electron chi connectivity index (χ2n) is 7.34. The molecule has 0 saturated carbocycles. The molecule has 2 aromatic carbocycles. The van der Waals surface area contributed by atoms with E-state index in [1.54, 1.807) is 0 Å².